The molecule has 1 aromatic rings. The van der Waals surface area contributed by atoms with Crippen LogP contribution in [0.15, 0.2) is 18.2 Å². The van der Waals surface area contributed by atoms with E-state index < -0.39 is 5.92 Å². The van der Waals surface area contributed by atoms with E-state index in [0.717, 1.165) is 5.56 Å². The van der Waals surface area contributed by atoms with E-state index in [-0.39, 0.29) is 13.2 Å². The van der Waals surface area contributed by atoms with Gasteiger partial charge < -0.3 is 9.47 Å². The van der Waals surface area contributed by atoms with Gasteiger partial charge in [0.25, 0.3) is 0 Å². The van der Waals surface area contributed by atoms with Gasteiger partial charge in [-0.05, 0) is 17.7 Å². The molecule has 1 aromatic carbocycles. The molecule has 0 saturated carbocycles. The molecule has 0 amide bonds. The van der Waals surface area contributed by atoms with Gasteiger partial charge in [0.15, 0.2) is 11.5 Å². The zero-order valence-corrected chi connectivity index (χ0v) is 7.93. The lowest BCUT2D eigenvalue weighted by Gasteiger charge is -2.05. The van der Waals surface area contributed by atoms with Gasteiger partial charge in [0, 0.05) is 0 Å². The van der Waals surface area contributed by atoms with Crippen molar-refractivity contribution >= 4 is 0 Å². The van der Waals surface area contributed by atoms with Gasteiger partial charge in [0.2, 0.25) is 6.79 Å². The average Bonchev–Trinajstić information content (AvgIpc) is 2.72. The second kappa shape index (κ2) is 3.89. The zero-order valence-electron chi connectivity index (χ0n) is 7.93. The van der Waals surface area contributed by atoms with Crippen LogP contribution in [0.2, 0.25) is 0 Å². The summed E-state index contributed by atoms with van der Waals surface area (Å²) >= 11 is 0. The lowest BCUT2D eigenvalue weighted by atomic mass is 9.97. The van der Waals surface area contributed by atoms with E-state index in [2.05, 4.69) is 6.07 Å². The van der Waals surface area contributed by atoms with E-state index in [9.17, 15) is 0 Å². The largest absolute Gasteiger partial charge is 0.454 e. The van der Waals surface area contributed by atoms with Gasteiger partial charge >= 0.3 is 0 Å². The fraction of sp³-hybridized carbons (Fsp3) is 0.273. The summed E-state index contributed by atoms with van der Waals surface area (Å²) in [5, 5.41) is 17.5. The molecule has 4 heteroatoms. The maximum absolute atomic E-state index is 8.89. The first-order valence-electron chi connectivity index (χ1n) is 4.51. The van der Waals surface area contributed by atoms with Crippen LogP contribution in [0.3, 0.4) is 0 Å². The minimum atomic E-state index is -0.399. The van der Waals surface area contributed by atoms with E-state index in [1.807, 2.05) is 6.07 Å². The molecule has 0 aliphatic carbocycles. The van der Waals surface area contributed by atoms with Gasteiger partial charge in [-0.25, -0.2) is 0 Å². The van der Waals surface area contributed by atoms with Crippen molar-refractivity contribution in [1.82, 2.24) is 0 Å². The highest BCUT2D eigenvalue weighted by atomic mass is 16.7. The predicted octanol–water partition coefficient (Wildman–Crippen LogP) is 1.94. The Kier molecular flexibility index (Phi) is 2.43. The Labute approximate surface area is 87.3 Å². The van der Waals surface area contributed by atoms with Crippen LogP contribution in [0.5, 0.6) is 11.5 Å². The Morgan fingerprint density at radius 2 is 2.07 bits per heavy atom. The molecular formula is C11H8N2O2. The first-order chi connectivity index (χ1) is 7.35. The van der Waals surface area contributed by atoms with Crippen molar-refractivity contribution in [3.63, 3.8) is 0 Å². The first kappa shape index (κ1) is 9.36. The SMILES string of the molecule is N#CCC(C#N)c1ccc2c(c1)OCO2. The molecule has 1 heterocycles. The lowest BCUT2D eigenvalue weighted by molar-refractivity contribution is 0.174. The summed E-state index contributed by atoms with van der Waals surface area (Å²) in [4.78, 5) is 0. The number of hydrogen-bond acceptors (Lipinski definition) is 4. The van der Waals surface area contributed by atoms with E-state index in [1.54, 1.807) is 18.2 Å². The van der Waals surface area contributed by atoms with E-state index in [4.69, 9.17) is 20.0 Å². The Bertz CT molecular complexity index is 457. The van der Waals surface area contributed by atoms with Gasteiger partial charge in [0.1, 0.15) is 0 Å². The normalized spacial score (nSPS) is 14.0. The number of nitrogens with zero attached hydrogens (tertiary/aromatic N) is 2. The number of nitriles is 2. The maximum atomic E-state index is 8.89. The van der Waals surface area contributed by atoms with Crippen LogP contribution in [-0.4, -0.2) is 6.79 Å². The fourth-order valence-corrected chi connectivity index (χ4v) is 1.46. The van der Waals surface area contributed by atoms with Crippen molar-refractivity contribution < 1.29 is 9.47 Å². The quantitative estimate of drug-likeness (QED) is 0.731. The summed E-state index contributed by atoms with van der Waals surface area (Å²) in [6, 6.07) is 9.39. The second-order valence-electron chi connectivity index (χ2n) is 3.16. The van der Waals surface area contributed by atoms with Crippen LogP contribution in [0.4, 0.5) is 0 Å². The molecule has 0 radical (unpaired) electrons. The van der Waals surface area contributed by atoms with Crippen molar-refractivity contribution in [3.05, 3.63) is 23.8 Å². The van der Waals surface area contributed by atoms with Crippen LogP contribution in [-0.2, 0) is 0 Å². The highest BCUT2D eigenvalue weighted by Gasteiger charge is 2.17. The molecule has 0 saturated heterocycles. The summed E-state index contributed by atoms with van der Waals surface area (Å²) in [6.07, 6.45) is 0.191. The molecule has 0 fully saturated rings. The smallest absolute Gasteiger partial charge is 0.231 e. The van der Waals surface area contributed by atoms with E-state index in [1.165, 1.54) is 0 Å². The summed E-state index contributed by atoms with van der Waals surface area (Å²) in [5.74, 6) is 0.933. The molecule has 0 spiro atoms. The van der Waals surface area contributed by atoms with Gasteiger partial charge in [-0.15, -0.1) is 0 Å². The minimum Gasteiger partial charge on any atom is -0.454 e. The molecule has 1 atom stereocenters. The molecular weight excluding hydrogens is 192 g/mol. The number of benzene rings is 1. The van der Waals surface area contributed by atoms with Crippen LogP contribution in [0, 0.1) is 22.7 Å². The maximum Gasteiger partial charge on any atom is 0.231 e. The third-order valence-corrected chi connectivity index (χ3v) is 2.25. The predicted molar refractivity (Wildman–Crippen MR) is 51.1 cm³/mol. The van der Waals surface area contributed by atoms with Crippen molar-refractivity contribution in [2.45, 2.75) is 12.3 Å². The highest BCUT2D eigenvalue weighted by Crippen LogP contribution is 2.35. The summed E-state index contributed by atoms with van der Waals surface area (Å²) in [7, 11) is 0. The highest BCUT2D eigenvalue weighted by molar-refractivity contribution is 5.46. The van der Waals surface area contributed by atoms with Crippen LogP contribution in [0.1, 0.15) is 17.9 Å². The fourth-order valence-electron chi connectivity index (χ4n) is 1.46. The first-order valence-corrected chi connectivity index (χ1v) is 4.51. The molecule has 0 bridgehead atoms. The third kappa shape index (κ3) is 1.70. The summed E-state index contributed by atoms with van der Waals surface area (Å²) < 4.78 is 10.4. The Morgan fingerprint density at radius 1 is 1.27 bits per heavy atom. The molecule has 2 rings (SSSR count). The van der Waals surface area contributed by atoms with Crippen molar-refractivity contribution in [2.75, 3.05) is 6.79 Å². The van der Waals surface area contributed by atoms with Gasteiger partial charge in [-0.2, -0.15) is 10.5 Å². The summed E-state index contributed by atoms with van der Waals surface area (Å²) in [5.41, 5.74) is 0.795. The van der Waals surface area contributed by atoms with E-state index >= 15 is 0 Å². The number of fused-ring (bicyclic) bond motifs is 1. The van der Waals surface area contributed by atoms with Crippen LogP contribution >= 0.6 is 0 Å². The molecule has 1 aliphatic rings. The van der Waals surface area contributed by atoms with Crippen molar-refractivity contribution in [2.24, 2.45) is 0 Å². The third-order valence-electron chi connectivity index (χ3n) is 2.25. The average molecular weight is 200 g/mol. The Balaban J connectivity index is 2.30. The monoisotopic (exact) mass is 200 g/mol. The molecule has 0 aromatic heterocycles. The summed E-state index contributed by atoms with van der Waals surface area (Å²) in [6.45, 7) is 0.217. The molecule has 1 aliphatic heterocycles. The van der Waals surface area contributed by atoms with Crippen LogP contribution < -0.4 is 9.47 Å². The van der Waals surface area contributed by atoms with E-state index in [0.29, 0.717) is 11.5 Å². The number of hydrogen-bond donors (Lipinski definition) is 0. The molecule has 4 nitrogen and oxygen atoms in total. The molecule has 1 unspecified atom stereocenters. The molecule has 0 N–H and O–H groups in total. The topological polar surface area (TPSA) is 66.0 Å². The standard InChI is InChI=1S/C11H8N2O2/c12-4-3-9(6-13)8-1-2-10-11(5-8)15-7-14-10/h1-2,5,9H,3,7H2. The van der Waals surface area contributed by atoms with Gasteiger partial charge in [-0.1, -0.05) is 6.07 Å². The number of ether oxygens (including phenoxy) is 2. The van der Waals surface area contributed by atoms with Gasteiger partial charge in [-0.3, -0.25) is 0 Å². The second-order valence-corrected chi connectivity index (χ2v) is 3.16. The number of rotatable bonds is 2. The Hall–Kier alpha value is -2.20. The van der Waals surface area contributed by atoms with Crippen LogP contribution in [0.25, 0.3) is 0 Å². The molecule has 74 valence electrons. The Morgan fingerprint density at radius 3 is 2.80 bits per heavy atom. The zero-order chi connectivity index (χ0) is 10.7. The molecule has 15 heavy (non-hydrogen) atoms. The van der Waals surface area contributed by atoms with Crippen molar-refractivity contribution in [1.29, 1.82) is 10.5 Å². The van der Waals surface area contributed by atoms with Gasteiger partial charge in [0.05, 0.1) is 24.5 Å². The van der Waals surface area contributed by atoms with Crippen molar-refractivity contribution in [3.8, 4) is 23.6 Å². The minimum absolute atomic E-state index is 0.191. The lowest BCUT2D eigenvalue weighted by Crippen LogP contribution is -1.94.